The van der Waals surface area contributed by atoms with Crippen molar-refractivity contribution in [1.29, 1.82) is 0 Å². The molecule has 2 nitrogen and oxygen atoms in total. The van der Waals surface area contributed by atoms with Gasteiger partial charge in [-0.2, -0.15) is 0 Å². The monoisotopic (exact) mass is 267 g/mol. The summed E-state index contributed by atoms with van der Waals surface area (Å²) in [5.41, 5.74) is 7.47. The van der Waals surface area contributed by atoms with Gasteiger partial charge in [-0.25, -0.2) is 0 Å². The van der Waals surface area contributed by atoms with E-state index in [9.17, 15) is 0 Å². The van der Waals surface area contributed by atoms with Gasteiger partial charge in [0.25, 0.3) is 0 Å². The summed E-state index contributed by atoms with van der Waals surface area (Å²) in [5.74, 6) is 2.24. The molecule has 1 fully saturated rings. The van der Waals surface area contributed by atoms with Crippen LogP contribution in [-0.4, -0.2) is 7.11 Å². The lowest BCUT2D eigenvalue weighted by Gasteiger charge is -2.31. The molecule has 1 aliphatic carbocycles. The minimum absolute atomic E-state index is 0.0335. The van der Waals surface area contributed by atoms with Crippen LogP contribution in [0.15, 0.2) is 18.2 Å². The van der Waals surface area contributed by atoms with Gasteiger partial charge < -0.3 is 10.5 Å². The molecule has 1 atom stereocenters. The van der Waals surface area contributed by atoms with Crippen LogP contribution in [0.2, 0.25) is 5.02 Å². The lowest BCUT2D eigenvalue weighted by atomic mass is 9.77. The molecule has 3 heteroatoms. The van der Waals surface area contributed by atoms with Crippen molar-refractivity contribution in [3.63, 3.8) is 0 Å². The molecule has 1 saturated carbocycles. The normalized spacial score (nSPS) is 25.8. The Morgan fingerprint density at radius 1 is 1.28 bits per heavy atom. The van der Waals surface area contributed by atoms with Crippen LogP contribution in [0.1, 0.15) is 44.2 Å². The van der Waals surface area contributed by atoms with Gasteiger partial charge >= 0.3 is 0 Å². The number of hydrogen-bond donors (Lipinski definition) is 1. The lowest BCUT2D eigenvalue weighted by molar-refractivity contribution is 0.253. The minimum atomic E-state index is 0.0335. The molecule has 0 aromatic heterocycles. The van der Waals surface area contributed by atoms with Crippen molar-refractivity contribution in [1.82, 2.24) is 0 Å². The van der Waals surface area contributed by atoms with Crippen molar-refractivity contribution >= 4 is 11.6 Å². The highest BCUT2D eigenvalue weighted by molar-refractivity contribution is 6.30. The zero-order valence-corrected chi connectivity index (χ0v) is 11.9. The summed E-state index contributed by atoms with van der Waals surface area (Å²) in [5, 5.41) is 0.727. The predicted molar refractivity (Wildman–Crippen MR) is 76.1 cm³/mol. The number of hydrogen-bond acceptors (Lipinski definition) is 2. The Hall–Kier alpha value is -0.730. The number of ether oxygens (including phenoxy) is 1. The van der Waals surface area contributed by atoms with Gasteiger partial charge in [0.05, 0.1) is 7.11 Å². The van der Waals surface area contributed by atoms with E-state index in [1.165, 1.54) is 25.7 Å². The van der Waals surface area contributed by atoms with E-state index in [0.29, 0.717) is 5.92 Å². The summed E-state index contributed by atoms with van der Waals surface area (Å²) >= 11 is 6.07. The standard InChI is InChI=1S/C15H22ClNO/c1-10-3-5-11(6-4-10)15(17)13-9-12(16)7-8-14(13)18-2/h7-11,15H,3-6,17H2,1-2H3. The second kappa shape index (κ2) is 5.94. The van der Waals surface area contributed by atoms with E-state index in [2.05, 4.69) is 6.92 Å². The quantitative estimate of drug-likeness (QED) is 0.892. The van der Waals surface area contributed by atoms with E-state index in [1.807, 2.05) is 18.2 Å². The Bertz CT molecular complexity index is 399. The molecule has 0 spiro atoms. The Morgan fingerprint density at radius 2 is 1.94 bits per heavy atom. The van der Waals surface area contributed by atoms with E-state index in [0.717, 1.165) is 22.3 Å². The Morgan fingerprint density at radius 3 is 2.56 bits per heavy atom. The fourth-order valence-electron chi connectivity index (χ4n) is 2.86. The Labute approximate surface area is 114 Å². The van der Waals surface area contributed by atoms with Crippen LogP contribution in [-0.2, 0) is 0 Å². The van der Waals surface area contributed by atoms with Crippen LogP contribution in [0.5, 0.6) is 5.75 Å². The third-order valence-corrected chi connectivity index (χ3v) is 4.35. The molecule has 18 heavy (non-hydrogen) atoms. The molecule has 2 N–H and O–H groups in total. The van der Waals surface area contributed by atoms with Gasteiger partial charge in [-0.3, -0.25) is 0 Å². The zero-order valence-electron chi connectivity index (χ0n) is 11.2. The molecule has 1 unspecified atom stereocenters. The first-order valence-electron chi connectivity index (χ1n) is 6.71. The maximum Gasteiger partial charge on any atom is 0.123 e. The molecule has 100 valence electrons. The second-order valence-corrected chi connectivity index (χ2v) is 5.87. The van der Waals surface area contributed by atoms with Crippen LogP contribution in [0, 0.1) is 11.8 Å². The summed E-state index contributed by atoms with van der Waals surface area (Å²) in [7, 11) is 1.68. The average Bonchev–Trinajstić information content (AvgIpc) is 2.39. The van der Waals surface area contributed by atoms with Gasteiger partial charge in [-0.1, -0.05) is 31.4 Å². The van der Waals surface area contributed by atoms with Crippen molar-refractivity contribution in [2.24, 2.45) is 17.6 Å². The van der Waals surface area contributed by atoms with Crippen molar-refractivity contribution in [2.45, 2.75) is 38.6 Å². The maximum atomic E-state index is 6.42. The molecular formula is C15H22ClNO. The highest BCUT2D eigenvalue weighted by atomic mass is 35.5. The van der Waals surface area contributed by atoms with Crippen molar-refractivity contribution < 1.29 is 4.74 Å². The predicted octanol–water partition coefficient (Wildman–Crippen LogP) is 4.17. The van der Waals surface area contributed by atoms with Crippen LogP contribution in [0.3, 0.4) is 0 Å². The van der Waals surface area contributed by atoms with E-state index in [1.54, 1.807) is 7.11 Å². The zero-order chi connectivity index (χ0) is 13.1. The van der Waals surface area contributed by atoms with Gasteiger partial charge in [0, 0.05) is 16.6 Å². The van der Waals surface area contributed by atoms with Crippen LogP contribution in [0.25, 0.3) is 0 Å². The summed E-state index contributed by atoms with van der Waals surface area (Å²) in [6.45, 7) is 2.32. The molecule has 0 bridgehead atoms. The molecule has 0 radical (unpaired) electrons. The molecule has 1 aliphatic rings. The molecule has 0 saturated heterocycles. The van der Waals surface area contributed by atoms with Crippen LogP contribution >= 0.6 is 11.6 Å². The van der Waals surface area contributed by atoms with Crippen molar-refractivity contribution in [2.75, 3.05) is 7.11 Å². The highest BCUT2D eigenvalue weighted by Crippen LogP contribution is 2.38. The molecule has 1 aromatic carbocycles. The Balaban J connectivity index is 2.17. The largest absolute Gasteiger partial charge is 0.496 e. The van der Waals surface area contributed by atoms with E-state index in [4.69, 9.17) is 22.1 Å². The van der Waals surface area contributed by atoms with E-state index in [-0.39, 0.29) is 6.04 Å². The molecule has 0 heterocycles. The van der Waals surface area contributed by atoms with Gasteiger partial charge in [0.15, 0.2) is 0 Å². The minimum Gasteiger partial charge on any atom is -0.496 e. The summed E-state index contributed by atoms with van der Waals surface area (Å²) < 4.78 is 5.39. The van der Waals surface area contributed by atoms with Gasteiger partial charge in [-0.05, 0) is 42.9 Å². The van der Waals surface area contributed by atoms with E-state index >= 15 is 0 Å². The highest BCUT2D eigenvalue weighted by Gasteiger charge is 2.26. The topological polar surface area (TPSA) is 35.2 Å². The van der Waals surface area contributed by atoms with E-state index < -0.39 is 0 Å². The van der Waals surface area contributed by atoms with Gasteiger partial charge in [-0.15, -0.1) is 0 Å². The summed E-state index contributed by atoms with van der Waals surface area (Å²) in [6.07, 6.45) is 4.97. The van der Waals surface area contributed by atoms with Gasteiger partial charge in [0.1, 0.15) is 5.75 Å². The number of benzene rings is 1. The smallest absolute Gasteiger partial charge is 0.123 e. The number of halogens is 1. The van der Waals surface area contributed by atoms with Crippen molar-refractivity contribution in [3.05, 3.63) is 28.8 Å². The lowest BCUT2D eigenvalue weighted by Crippen LogP contribution is -2.25. The third kappa shape index (κ3) is 2.99. The number of nitrogens with two attached hydrogens (primary N) is 1. The second-order valence-electron chi connectivity index (χ2n) is 5.43. The Kier molecular flexibility index (Phi) is 4.52. The summed E-state index contributed by atoms with van der Waals surface area (Å²) in [4.78, 5) is 0. The summed E-state index contributed by atoms with van der Waals surface area (Å²) in [6, 6.07) is 5.73. The third-order valence-electron chi connectivity index (χ3n) is 4.12. The molecular weight excluding hydrogens is 246 g/mol. The molecule has 1 aromatic rings. The molecule has 0 amide bonds. The van der Waals surface area contributed by atoms with Crippen LogP contribution < -0.4 is 10.5 Å². The first-order chi connectivity index (χ1) is 8.61. The fraction of sp³-hybridized carbons (Fsp3) is 0.600. The average molecular weight is 268 g/mol. The number of rotatable bonds is 3. The van der Waals surface area contributed by atoms with Crippen molar-refractivity contribution in [3.8, 4) is 5.75 Å². The molecule has 2 rings (SSSR count). The maximum absolute atomic E-state index is 6.42. The molecule has 0 aliphatic heterocycles. The van der Waals surface area contributed by atoms with Crippen LogP contribution in [0.4, 0.5) is 0 Å². The van der Waals surface area contributed by atoms with Gasteiger partial charge in [0.2, 0.25) is 0 Å². The number of methoxy groups -OCH3 is 1. The SMILES string of the molecule is COc1ccc(Cl)cc1C(N)C1CCC(C)CC1. The first-order valence-corrected chi connectivity index (χ1v) is 7.08. The first kappa shape index (κ1) is 13.7. The fourth-order valence-corrected chi connectivity index (χ4v) is 3.05.